The highest BCUT2D eigenvalue weighted by Gasteiger charge is 2.32. The fourth-order valence-corrected chi connectivity index (χ4v) is 2.98. The Kier molecular flexibility index (Phi) is 4.41. The van der Waals surface area contributed by atoms with E-state index in [0.717, 1.165) is 36.5 Å². The van der Waals surface area contributed by atoms with Crippen molar-refractivity contribution >= 4 is 23.4 Å². The lowest BCUT2D eigenvalue weighted by Crippen LogP contribution is -2.26. The van der Waals surface area contributed by atoms with Gasteiger partial charge >= 0.3 is 6.18 Å². The van der Waals surface area contributed by atoms with Gasteiger partial charge in [-0.2, -0.15) is 24.9 Å². The van der Waals surface area contributed by atoms with E-state index in [9.17, 15) is 13.2 Å². The predicted octanol–water partition coefficient (Wildman–Crippen LogP) is 2.69. The zero-order valence-electron chi connectivity index (χ0n) is 10.1. The number of hydrogen-bond acceptors (Lipinski definition) is 5. The molecule has 1 saturated heterocycles. The van der Waals surface area contributed by atoms with E-state index < -0.39 is 11.7 Å². The number of nitrogens with two attached hydrogens (primary N) is 1. The topological polar surface area (TPSA) is 63.0 Å². The first-order chi connectivity index (χ1) is 8.99. The minimum atomic E-state index is -4.41. The molecule has 0 saturated carbocycles. The Bertz CT molecular complexity index is 432. The van der Waals surface area contributed by atoms with Gasteiger partial charge in [0.25, 0.3) is 0 Å². The highest BCUT2D eigenvalue weighted by atomic mass is 32.2. The molecular formula is C11H15F3N4S. The lowest BCUT2D eigenvalue weighted by Gasteiger charge is -2.23. The van der Waals surface area contributed by atoms with Crippen LogP contribution in [-0.4, -0.2) is 22.5 Å². The van der Waals surface area contributed by atoms with E-state index in [1.807, 2.05) is 0 Å². The first-order valence-electron chi connectivity index (χ1n) is 5.89. The van der Waals surface area contributed by atoms with Gasteiger partial charge < -0.3 is 10.7 Å². The van der Waals surface area contributed by atoms with Crippen molar-refractivity contribution < 1.29 is 13.2 Å². The zero-order valence-corrected chi connectivity index (χ0v) is 10.9. The number of nitrogen functional groups attached to an aromatic ring is 1. The van der Waals surface area contributed by atoms with Crippen molar-refractivity contribution in [3.8, 4) is 0 Å². The molecule has 1 aliphatic heterocycles. The van der Waals surface area contributed by atoms with E-state index in [-0.39, 0.29) is 17.7 Å². The molecule has 2 heterocycles. The summed E-state index contributed by atoms with van der Waals surface area (Å²) >= 11 is 1.79. The third-order valence-electron chi connectivity index (χ3n) is 2.81. The molecule has 0 bridgehead atoms. The Labute approximate surface area is 113 Å². The number of aromatic nitrogens is 1. The maximum atomic E-state index is 12.7. The number of halogens is 3. The van der Waals surface area contributed by atoms with Crippen LogP contribution in [0.25, 0.3) is 0 Å². The fraction of sp³-hybridized carbons (Fsp3) is 0.545. The van der Waals surface area contributed by atoms with Crippen LogP contribution in [0, 0.1) is 0 Å². The lowest BCUT2D eigenvalue weighted by atomic mass is 10.2. The highest BCUT2D eigenvalue weighted by molar-refractivity contribution is 7.99. The normalized spacial score (nSPS) is 20.1. The van der Waals surface area contributed by atoms with Crippen molar-refractivity contribution in [3.63, 3.8) is 0 Å². The molecule has 0 aliphatic carbocycles. The molecule has 1 unspecified atom stereocenters. The van der Waals surface area contributed by atoms with Crippen LogP contribution in [0.1, 0.15) is 18.4 Å². The van der Waals surface area contributed by atoms with Crippen LogP contribution in [0.3, 0.4) is 0 Å². The van der Waals surface area contributed by atoms with Gasteiger partial charge in [-0.25, -0.2) is 10.8 Å². The molecule has 8 heteroatoms. The summed E-state index contributed by atoms with van der Waals surface area (Å²) in [4.78, 5) is 4.00. The monoisotopic (exact) mass is 292 g/mol. The van der Waals surface area contributed by atoms with Crippen LogP contribution in [0.2, 0.25) is 0 Å². The average Bonchev–Trinajstić information content (AvgIpc) is 2.38. The maximum Gasteiger partial charge on any atom is 0.416 e. The molecule has 0 amide bonds. The number of pyridine rings is 1. The second kappa shape index (κ2) is 5.87. The summed E-state index contributed by atoms with van der Waals surface area (Å²) in [5, 5.41) is 3.04. The summed E-state index contributed by atoms with van der Waals surface area (Å²) in [6.07, 6.45) is -2.41. The molecule has 4 N–H and O–H groups in total. The number of rotatable bonds is 3. The molecule has 1 aromatic rings. The van der Waals surface area contributed by atoms with Gasteiger partial charge in [0, 0.05) is 11.8 Å². The molecule has 1 aliphatic rings. The van der Waals surface area contributed by atoms with E-state index >= 15 is 0 Å². The van der Waals surface area contributed by atoms with Crippen molar-refractivity contribution in [1.82, 2.24) is 4.98 Å². The first kappa shape index (κ1) is 14.3. The van der Waals surface area contributed by atoms with Gasteiger partial charge in [0.15, 0.2) is 0 Å². The standard InChI is InChI=1S/C11H15F3N4S/c12-11(13,14)7-4-9(17-10(5-7)18-15)16-8-2-1-3-19-6-8/h4-5,8H,1-3,6,15H2,(H2,16,17,18). The lowest BCUT2D eigenvalue weighted by molar-refractivity contribution is -0.137. The van der Waals surface area contributed by atoms with Gasteiger partial charge in [-0.3, -0.25) is 0 Å². The molecule has 0 aromatic carbocycles. The smallest absolute Gasteiger partial charge is 0.366 e. The fourth-order valence-electron chi connectivity index (χ4n) is 1.91. The quantitative estimate of drug-likeness (QED) is 0.590. The Morgan fingerprint density at radius 2 is 2.05 bits per heavy atom. The third-order valence-corrected chi connectivity index (χ3v) is 4.03. The molecule has 106 valence electrons. The van der Waals surface area contributed by atoms with Gasteiger partial charge in [0.1, 0.15) is 11.6 Å². The molecule has 0 spiro atoms. The molecule has 2 rings (SSSR count). The second-order valence-corrected chi connectivity index (χ2v) is 5.48. The van der Waals surface area contributed by atoms with E-state index in [4.69, 9.17) is 5.84 Å². The largest absolute Gasteiger partial charge is 0.416 e. The summed E-state index contributed by atoms with van der Waals surface area (Å²) in [6, 6.07) is 2.06. The number of alkyl halides is 3. The van der Waals surface area contributed by atoms with Crippen LogP contribution in [0.5, 0.6) is 0 Å². The molecular weight excluding hydrogens is 277 g/mol. The van der Waals surface area contributed by atoms with E-state index in [1.165, 1.54) is 0 Å². The van der Waals surface area contributed by atoms with E-state index in [1.54, 1.807) is 11.8 Å². The van der Waals surface area contributed by atoms with Gasteiger partial charge in [0.2, 0.25) is 0 Å². The minimum Gasteiger partial charge on any atom is -0.366 e. The number of thioether (sulfide) groups is 1. The molecule has 1 aromatic heterocycles. The minimum absolute atomic E-state index is 0.000729. The van der Waals surface area contributed by atoms with Crippen LogP contribution < -0.4 is 16.6 Å². The molecule has 0 radical (unpaired) electrons. The van der Waals surface area contributed by atoms with Gasteiger partial charge in [-0.05, 0) is 30.7 Å². The first-order valence-corrected chi connectivity index (χ1v) is 7.04. The van der Waals surface area contributed by atoms with Crippen LogP contribution in [0.4, 0.5) is 24.8 Å². The number of anilines is 2. The third kappa shape index (κ3) is 3.90. The SMILES string of the molecule is NNc1cc(C(F)(F)F)cc(NC2CCCSC2)n1. The highest BCUT2D eigenvalue weighted by Crippen LogP contribution is 2.32. The Balaban J connectivity index is 2.19. The summed E-state index contributed by atoms with van der Waals surface area (Å²) in [5.74, 6) is 7.34. The average molecular weight is 292 g/mol. The maximum absolute atomic E-state index is 12.7. The zero-order chi connectivity index (χ0) is 13.9. The Hall–Kier alpha value is -1.15. The predicted molar refractivity (Wildman–Crippen MR) is 71.0 cm³/mol. The second-order valence-electron chi connectivity index (χ2n) is 4.33. The molecule has 1 atom stereocenters. The number of nitrogens with zero attached hydrogens (tertiary/aromatic N) is 1. The molecule has 4 nitrogen and oxygen atoms in total. The number of hydrazine groups is 1. The van der Waals surface area contributed by atoms with Gasteiger partial charge in [-0.1, -0.05) is 0 Å². The summed E-state index contributed by atoms with van der Waals surface area (Å²) < 4.78 is 38.2. The van der Waals surface area contributed by atoms with Gasteiger partial charge in [0.05, 0.1) is 5.56 Å². The van der Waals surface area contributed by atoms with Crippen molar-refractivity contribution in [3.05, 3.63) is 17.7 Å². The van der Waals surface area contributed by atoms with E-state index in [2.05, 4.69) is 15.7 Å². The van der Waals surface area contributed by atoms with Crippen molar-refractivity contribution in [2.45, 2.75) is 25.1 Å². The number of hydrogen-bond donors (Lipinski definition) is 3. The number of nitrogens with one attached hydrogen (secondary N) is 2. The molecule has 1 fully saturated rings. The summed E-state index contributed by atoms with van der Waals surface area (Å²) in [6.45, 7) is 0. The summed E-state index contributed by atoms with van der Waals surface area (Å²) in [5.41, 5.74) is 1.40. The van der Waals surface area contributed by atoms with Crippen molar-refractivity contribution in [1.29, 1.82) is 0 Å². The Morgan fingerprint density at radius 3 is 2.63 bits per heavy atom. The van der Waals surface area contributed by atoms with Crippen molar-refractivity contribution in [2.75, 3.05) is 22.2 Å². The Morgan fingerprint density at radius 1 is 1.32 bits per heavy atom. The van der Waals surface area contributed by atoms with Gasteiger partial charge in [-0.15, -0.1) is 0 Å². The van der Waals surface area contributed by atoms with Crippen LogP contribution in [-0.2, 0) is 6.18 Å². The molecule has 19 heavy (non-hydrogen) atoms. The van der Waals surface area contributed by atoms with E-state index in [0.29, 0.717) is 0 Å². The summed E-state index contributed by atoms with van der Waals surface area (Å²) in [7, 11) is 0. The van der Waals surface area contributed by atoms with Crippen LogP contribution >= 0.6 is 11.8 Å². The van der Waals surface area contributed by atoms with Crippen molar-refractivity contribution in [2.24, 2.45) is 5.84 Å². The van der Waals surface area contributed by atoms with Crippen LogP contribution in [0.15, 0.2) is 12.1 Å².